The Hall–Kier alpha value is -1.49. The van der Waals surface area contributed by atoms with Gasteiger partial charge in [0.05, 0.1) is 0 Å². The number of Topliss-reactive ketones (excluding diaryl/α,β-unsaturated/α-hetero) is 1. The molecular formula is C18H27NO3S. The van der Waals surface area contributed by atoms with Crippen molar-refractivity contribution in [3.8, 4) is 0 Å². The Labute approximate surface area is 143 Å². The van der Waals surface area contributed by atoms with Gasteiger partial charge in [-0.1, -0.05) is 25.5 Å². The number of alkyl carbamates (subject to hydrolysis) is 1. The van der Waals surface area contributed by atoms with Crippen molar-refractivity contribution in [2.24, 2.45) is 0 Å². The van der Waals surface area contributed by atoms with E-state index >= 15 is 0 Å². The summed E-state index contributed by atoms with van der Waals surface area (Å²) < 4.78 is 5.13. The predicted molar refractivity (Wildman–Crippen MR) is 95.3 cm³/mol. The second-order valence-corrected chi connectivity index (χ2v) is 7.50. The molecular weight excluding hydrogens is 310 g/mol. The van der Waals surface area contributed by atoms with Crippen LogP contribution in [0.1, 0.15) is 57.3 Å². The van der Waals surface area contributed by atoms with Gasteiger partial charge in [-0.3, -0.25) is 4.79 Å². The minimum absolute atomic E-state index is 0.0269. The number of carbonyl (C=O) groups excluding carboxylic acids is 2. The van der Waals surface area contributed by atoms with Gasteiger partial charge in [0.25, 0.3) is 0 Å². The van der Waals surface area contributed by atoms with Crippen molar-refractivity contribution in [3.63, 3.8) is 0 Å². The highest BCUT2D eigenvalue weighted by Crippen LogP contribution is 2.21. The fraction of sp³-hybridized carbons (Fsp3) is 0.556. The third-order valence-corrected chi connectivity index (χ3v) is 4.02. The van der Waals surface area contributed by atoms with E-state index in [9.17, 15) is 9.59 Å². The van der Waals surface area contributed by atoms with Gasteiger partial charge in [0.15, 0.2) is 5.78 Å². The zero-order valence-electron chi connectivity index (χ0n) is 14.5. The lowest BCUT2D eigenvalue weighted by Crippen LogP contribution is -2.33. The number of nitrogens with one attached hydrogen (secondary N) is 1. The first-order valence-corrected chi connectivity index (χ1v) is 9.03. The van der Waals surface area contributed by atoms with Crippen molar-refractivity contribution in [1.29, 1.82) is 0 Å². The molecule has 0 aliphatic heterocycles. The molecule has 0 aliphatic rings. The van der Waals surface area contributed by atoms with Crippen molar-refractivity contribution >= 4 is 23.6 Å². The van der Waals surface area contributed by atoms with E-state index in [2.05, 4.69) is 12.2 Å². The summed E-state index contributed by atoms with van der Waals surface area (Å²) in [6, 6.07) is 7.68. The lowest BCUT2D eigenvalue weighted by Gasteiger charge is -2.19. The van der Waals surface area contributed by atoms with E-state index < -0.39 is 11.7 Å². The summed E-state index contributed by atoms with van der Waals surface area (Å²) in [5, 5.41) is 2.61. The van der Waals surface area contributed by atoms with E-state index in [0.29, 0.717) is 5.56 Å². The fourth-order valence-electron chi connectivity index (χ4n) is 1.83. The van der Waals surface area contributed by atoms with Gasteiger partial charge in [0.2, 0.25) is 0 Å². The van der Waals surface area contributed by atoms with Gasteiger partial charge in [-0.2, -0.15) is 0 Å². The first-order chi connectivity index (χ1) is 10.8. The van der Waals surface area contributed by atoms with Crippen molar-refractivity contribution < 1.29 is 14.3 Å². The van der Waals surface area contributed by atoms with E-state index in [1.807, 2.05) is 24.3 Å². The number of carbonyl (C=O) groups is 2. The van der Waals surface area contributed by atoms with Crippen LogP contribution in [0.2, 0.25) is 0 Å². The van der Waals surface area contributed by atoms with E-state index in [0.717, 1.165) is 10.6 Å². The molecule has 0 bridgehead atoms. The second-order valence-electron chi connectivity index (χ2n) is 6.33. The van der Waals surface area contributed by atoms with Gasteiger partial charge >= 0.3 is 6.09 Å². The molecule has 1 rings (SSSR count). The second kappa shape index (κ2) is 9.60. The van der Waals surface area contributed by atoms with Crippen molar-refractivity contribution in [1.82, 2.24) is 5.32 Å². The minimum atomic E-state index is -0.530. The standard InChI is InChI=1S/C18H27NO3S/c1-5-6-12-23-15-9-7-8-14(13-15)16(20)10-11-19-17(21)22-18(2,3)4/h7-9,13H,5-6,10-12H2,1-4H3,(H,19,21). The molecule has 0 fully saturated rings. The van der Waals surface area contributed by atoms with Crippen LogP contribution in [0.25, 0.3) is 0 Å². The molecule has 5 heteroatoms. The third kappa shape index (κ3) is 8.65. The average Bonchev–Trinajstić information content (AvgIpc) is 2.46. The molecule has 1 aromatic rings. The van der Waals surface area contributed by atoms with Gasteiger partial charge in [-0.25, -0.2) is 4.79 Å². The Morgan fingerprint density at radius 1 is 1.26 bits per heavy atom. The summed E-state index contributed by atoms with van der Waals surface area (Å²) in [6.45, 7) is 7.86. The largest absolute Gasteiger partial charge is 0.444 e. The first-order valence-electron chi connectivity index (χ1n) is 8.04. The molecule has 0 heterocycles. The number of unbranched alkanes of at least 4 members (excludes halogenated alkanes) is 1. The van der Waals surface area contributed by atoms with Gasteiger partial charge in [0, 0.05) is 23.4 Å². The zero-order chi connectivity index (χ0) is 17.3. The van der Waals surface area contributed by atoms with Gasteiger partial charge in [0.1, 0.15) is 5.60 Å². The average molecular weight is 337 g/mol. The molecule has 1 amide bonds. The highest BCUT2D eigenvalue weighted by molar-refractivity contribution is 7.99. The van der Waals surface area contributed by atoms with E-state index in [1.54, 1.807) is 32.5 Å². The topological polar surface area (TPSA) is 55.4 Å². The maximum absolute atomic E-state index is 12.2. The lowest BCUT2D eigenvalue weighted by molar-refractivity contribution is 0.0527. The van der Waals surface area contributed by atoms with Crippen LogP contribution in [-0.2, 0) is 4.74 Å². The molecule has 0 unspecified atom stereocenters. The van der Waals surface area contributed by atoms with Gasteiger partial charge in [-0.15, -0.1) is 11.8 Å². The monoisotopic (exact) mass is 337 g/mol. The highest BCUT2D eigenvalue weighted by atomic mass is 32.2. The predicted octanol–water partition coefficient (Wildman–Crippen LogP) is 4.68. The Bertz CT molecular complexity index is 523. The Balaban J connectivity index is 2.42. The van der Waals surface area contributed by atoms with E-state index in [1.165, 1.54) is 12.8 Å². The Kier molecular flexibility index (Phi) is 8.17. The van der Waals surface area contributed by atoms with Crippen molar-refractivity contribution in [2.45, 2.75) is 57.5 Å². The van der Waals surface area contributed by atoms with Crippen molar-refractivity contribution in [3.05, 3.63) is 29.8 Å². The molecule has 1 N–H and O–H groups in total. The number of thioether (sulfide) groups is 1. The van der Waals surface area contributed by atoms with Gasteiger partial charge in [-0.05, 0) is 45.1 Å². The molecule has 0 spiro atoms. The maximum atomic E-state index is 12.2. The summed E-state index contributed by atoms with van der Waals surface area (Å²) in [4.78, 5) is 24.8. The summed E-state index contributed by atoms with van der Waals surface area (Å²) >= 11 is 1.77. The number of amides is 1. The van der Waals surface area contributed by atoms with Crippen molar-refractivity contribution in [2.75, 3.05) is 12.3 Å². The van der Waals surface area contributed by atoms with Crippen LogP contribution in [0.15, 0.2) is 29.2 Å². The third-order valence-electron chi connectivity index (χ3n) is 2.94. The number of ketones is 1. The molecule has 1 aromatic carbocycles. The SMILES string of the molecule is CCCCSc1cccc(C(=O)CCNC(=O)OC(C)(C)C)c1. The summed E-state index contributed by atoms with van der Waals surface area (Å²) in [7, 11) is 0. The summed E-state index contributed by atoms with van der Waals surface area (Å²) in [5.74, 6) is 1.09. The van der Waals surface area contributed by atoms with E-state index in [4.69, 9.17) is 4.74 Å². The first kappa shape index (κ1) is 19.6. The molecule has 0 aromatic heterocycles. The number of benzene rings is 1. The van der Waals surface area contributed by atoms with Crippen LogP contribution < -0.4 is 5.32 Å². The van der Waals surface area contributed by atoms with Crippen LogP contribution in [0.5, 0.6) is 0 Å². The smallest absolute Gasteiger partial charge is 0.407 e. The zero-order valence-corrected chi connectivity index (χ0v) is 15.3. The van der Waals surface area contributed by atoms with Crippen LogP contribution in [0, 0.1) is 0 Å². The Morgan fingerprint density at radius 2 is 2.00 bits per heavy atom. The molecule has 0 atom stereocenters. The molecule has 0 saturated heterocycles. The molecule has 128 valence electrons. The molecule has 0 aliphatic carbocycles. The number of hydrogen-bond acceptors (Lipinski definition) is 4. The molecule has 23 heavy (non-hydrogen) atoms. The van der Waals surface area contributed by atoms with Crippen LogP contribution in [-0.4, -0.2) is 29.8 Å². The van der Waals surface area contributed by atoms with Gasteiger partial charge < -0.3 is 10.1 Å². The summed E-state index contributed by atoms with van der Waals surface area (Å²) in [6.07, 6.45) is 2.11. The van der Waals surface area contributed by atoms with Crippen LogP contribution >= 0.6 is 11.8 Å². The number of rotatable bonds is 8. The van der Waals surface area contributed by atoms with Crippen LogP contribution in [0.3, 0.4) is 0 Å². The molecule has 4 nitrogen and oxygen atoms in total. The fourth-order valence-corrected chi connectivity index (χ4v) is 2.88. The lowest BCUT2D eigenvalue weighted by atomic mass is 10.1. The highest BCUT2D eigenvalue weighted by Gasteiger charge is 2.16. The normalized spacial score (nSPS) is 11.1. The maximum Gasteiger partial charge on any atom is 0.407 e. The minimum Gasteiger partial charge on any atom is -0.444 e. The molecule has 0 saturated carbocycles. The number of ether oxygens (including phenoxy) is 1. The molecule has 0 radical (unpaired) electrons. The van der Waals surface area contributed by atoms with Crippen LogP contribution in [0.4, 0.5) is 4.79 Å². The summed E-state index contributed by atoms with van der Waals surface area (Å²) in [5.41, 5.74) is 0.162. The quantitative estimate of drug-likeness (QED) is 0.425. The van der Waals surface area contributed by atoms with E-state index in [-0.39, 0.29) is 18.7 Å². The number of hydrogen-bond donors (Lipinski definition) is 1. The Morgan fingerprint density at radius 3 is 2.65 bits per heavy atom.